The molecule has 0 fully saturated rings. The molecule has 16 heavy (non-hydrogen) atoms. The van der Waals surface area contributed by atoms with Crippen molar-refractivity contribution in [1.29, 1.82) is 0 Å². The fourth-order valence-electron chi connectivity index (χ4n) is 1.74. The van der Waals surface area contributed by atoms with Crippen molar-refractivity contribution in [1.82, 2.24) is 15.2 Å². The SMILES string of the molecule is Cn1cc(C(Cc2ccccc2)NN)cn1. The number of aryl methyl sites for hydroxylation is 1. The lowest BCUT2D eigenvalue weighted by Gasteiger charge is -2.13. The van der Waals surface area contributed by atoms with E-state index < -0.39 is 0 Å². The van der Waals surface area contributed by atoms with Crippen LogP contribution in [0, 0.1) is 0 Å². The largest absolute Gasteiger partial charge is 0.275 e. The number of hydrogen-bond donors (Lipinski definition) is 2. The van der Waals surface area contributed by atoms with Gasteiger partial charge in [0.05, 0.1) is 12.2 Å². The summed E-state index contributed by atoms with van der Waals surface area (Å²) in [6, 6.07) is 10.4. The fraction of sp³-hybridized carbons (Fsp3) is 0.250. The summed E-state index contributed by atoms with van der Waals surface area (Å²) >= 11 is 0. The Hall–Kier alpha value is -1.65. The minimum Gasteiger partial charge on any atom is -0.275 e. The zero-order valence-corrected chi connectivity index (χ0v) is 9.30. The third kappa shape index (κ3) is 2.48. The lowest BCUT2D eigenvalue weighted by Crippen LogP contribution is -2.29. The summed E-state index contributed by atoms with van der Waals surface area (Å²) in [7, 11) is 1.90. The van der Waals surface area contributed by atoms with Crippen LogP contribution in [0.2, 0.25) is 0 Å². The van der Waals surface area contributed by atoms with E-state index >= 15 is 0 Å². The summed E-state index contributed by atoms with van der Waals surface area (Å²) < 4.78 is 1.78. The Bertz CT molecular complexity index is 435. The normalized spacial score (nSPS) is 12.6. The summed E-state index contributed by atoms with van der Waals surface area (Å²) in [4.78, 5) is 0. The van der Waals surface area contributed by atoms with Crippen LogP contribution in [0.15, 0.2) is 42.7 Å². The van der Waals surface area contributed by atoms with Gasteiger partial charge in [0.2, 0.25) is 0 Å². The molecule has 0 bridgehead atoms. The van der Waals surface area contributed by atoms with Crippen LogP contribution >= 0.6 is 0 Å². The number of hydrazine groups is 1. The van der Waals surface area contributed by atoms with E-state index in [1.807, 2.05) is 37.6 Å². The molecule has 0 aliphatic rings. The fourth-order valence-corrected chi connectivity index (χ4v) is 1.74. The number of benzene rings is 1. The molecular formula is C12H16N4. The van der Waals surface area contributed by atoms with Gasteiger partial charge in [-0.05, 0) is 12.0 Å². The molecule has 2 rings (SSSR count). The van der Waals surface area contributed by atoms with Gasteiger partial charge < -0.3 is 0 Å². The molecule has 0 saturated carbocycles. The quantitative estimate of drug-likeness (QED) is 0.596. The monoisotopic (exact) mass is 216 g/mol. The molecule has 1 aromatic carbocycles. The Morgan fingerprint density at radius 1 is 1.38 bits per heavy atom. The smallest absolute Gasteiger partial charge is 0.0538 e. The lowest BCUT2D eigenvalue weighted by atomic mass is 10.0. The van der Waals surface area contributed by atoms with Crippen molar-refractivity contribution in [3.8, 4) is 0 Å². The Morgan fingerprint density at radius 2 is 2.12 bits per heavy atom. The number of aromatic nitrogens is 2. The number of nitrogens with two attached hydrogens (primary N) is 1. The molecule has 4 nitrogen and oxygen atoms in total. The van der Waals surface area contributed by atoms with E-state index in [2.05, 4.69) is 22.7 Å². The van der Waals surface area contributed by atoms with Crippen LogP contribution in [0.1, 0.15) is 17.2 Å². The number of nitrogens with one attached hydrogen (secondary N) is 1. The van der Waals surface area contributed by atoms with Crippen LogP contribution in [0.25, 0.3) is 0 Å². The van der Waals surface area contributed by atoms with E-state index in [0.29, 0.717) is 0 Å². The molecule has 0 aliphatic heterocycles. The van der Waals surface area contributed by atoms with Gasteiger partial charge in [0, 0.05) is 18.8 Å². The maximum absolute atomic E-state index is 5.57. The van der Waals surface area contributed by atoms with Gasteiger partial charge >= 0.3 is 0 Å². The standard InChI is InChI=1S/C12H16N4/c1-16-9-11(8-14-16)12(15-13)7-10-5-3-2-4-6-10/h2-6,8-9,12,15H,7,13H2,1H3. The van der Waals surface area contributed by atoms with Gasteiger partial charge in [-0.3, -0.25) is 16.0 Å². The van der Waals surface area contributed by atoms with E-state index in [9.17, 15) is 0 Å². The van der Waals surface area contributed by atoms with Crippen LogP contribution in [0.5, 0.6) is 0 Å². The van der Waals surface area contributed by atoms with Gasteiger partial charge in [0.15, 0.2) is 0 Å². The summed E-state index contributed by atoms with van der Waals surface area (Å²) in [5, 5.41) is 4.15. The molecule has 84 valence electrons. The molecule has 0 saturated heterocycles. The number of hydrogen-bond acceptors (Lipinski definition) is 3. The Morgan fingerprint density at radius 3 is 2.69 bits per heavy atom. The molecule has 3 N–H and O–H groups in total. The molecule has 0 spiro atoms. The molecule has 0 radical (unpaired) electrons. The number of nitrogens with zero attached hydrogens (tertiary/aromatic N) is 2. The first-order valence-electron chi connectivity index (χ1n) is 5.28. The third-order valence-corrected chi connectivity index (χ3v) is 2.61. The van der Waals surface area contributed by atoms with E-state index in [0.717, 1.165) is 12.0 Å². The molecule has 0 aliphatic carbocycles. The first kappa shape index (κ1) is 10.9. The van der Waals surface area contributed by atoms with Crippen LogP contribution in [0.4, 0.5) is 0 Å². The van der Waals surface area contributed by atoms with Gasteiger partial charge in [0.1, 0.15) is 0 Å². The zero-order chi connectivity index (χ0) is 11.4. The first-order valence-corrected chi connectivity index (χ1v) is 5.28. The van der Waals surface area contributed by atoms with Gasteiger partial charge in [-0.25, -0.2) is 0 Å². The van der Waals surface area contributed by atoms with E-state index in [-0.39, 0.29) is 6.04 Å². The molecular weight excluding hydrogens is 200 g/mol. The first-order chi connectivity index (χ1) is 7.79. The van der Waals surface area contributed by atoms with Crippen LogP contribution in [-0.4, -0.2) is 9.78 Å². The highest BCUT2D eigenvalue weighted by Crippen LogP contribution is 2.16. The van der Waals surface area contributed by atoms with Crippen molar-refractivity contribution >= 4 is 0 Å². The summed E-state index contributed by atoms with van der Waals surface area (Å²) in [6.45, 7) is 0. The predicted octanol–water partition coefficient (Wildman–Crippen LogP) is 1.17. The van der Waals surface area contributed by atoms with Crippen molar-refractivity contribution in [3.63, 3.8) is 0 Å². The Balaban J connectivity index is 2.12. The van der Waals surface area contributed by atoms with Crippen molar-refractivity contribution in [2.45, 2.75) is 12.5 Å². The number of rotatable bonds is 4. The molecule has 4 heteroatoms. The highest BCUT2D eigenvalue weighted by Gasteiger charge is 2.11. The van der Waals surface area contributed by atoms with E-state index in [4.69, 9.17) is 5.84 Å². The highest BCUT2D eigenvalue weighted by molar-refractivity contribution is 5.20. The van der Waals surface area contributed by atoms with Crippen molar-refractivity contribution in [2.75, 3.05) is 0 Å². The van der Waals surface area contributed by atoms with Crippen molar-refractivity contribution < 1.29 is 0 Å². The predicted molar refractivity (Wildman–Crippen MR) is 63.4 cm³/mol. The van der Waals surface area contributed by atoms with Crippen molar-refractivity contribution in [2.24, 2.45) is 12.9 Å². The van der Waals surface area contributed by atoms with Crippen LogP contribution in [0.3, 0.4) is 0 Å². The van der Waals surface area contributed by atoms with Crippen LogP contribution < -0.4 is 11.3 Å². The molecule has 1 aromatic heterocycles. The summed E-state index contributed by atoms with van der Waals surface area (Å²) in [5.74, 6) is 5.57. The van der Waals surface area contributed by atoms with E-state index in [1.165, 1.54) is 5.56 Å². The third-order valence-electron chi connectivity index (χ3n) is 2.61. The van der Waals surface area contributed by atoms with E-state index in [1.54, 1.807) is 4.68 Å². The minimum absolute atomic E-state index is 0.107. The zero-order valence-electron chi connectivity index (χ0n) is 9.30. The van der Waals surface area contributed by atoms with Gasteiger partial charge in [-0.2, -0.15) is 5.10 Å². The molecule has 1 atom stereocenters. The minimum atomic E-state index is 0.107. The molecule has 0 amide bonds. The average molecular weight is 216 g/mol. The summed E-state index contributed by atoms with van der Waals surface area (Å²) in [6.07, 6.45) is 4.68. The van der Waals surface area contributed by atoms with Crippen molar-refractivity contribution in [3.05, 3.63) is 53.9 Å². The Kier molecular flexibility index (Phi) is 3.34. The lowest BCUT2D eigenvalue weighted by molar-refractivity contribution is 0.551. The molecule has 1 unspecified atom stereocenters. The second-order valence-corrected chi connectivity index (χ2v) is 3.86. The molecule has 2 aromatic rings. The second-order valence-electron chi connectivity index (χ2n) is 3.86. The maximum Gasteiger partial charge on any atom is 0.0538 e. The average Bonchev–Trinajstić information content (AvgIpc) is 2.74. The molecule has 1 heterocycles. The highest BCUT2D eigenvalue weighted by atomic mass is 15.3. The van der Waals surface area contributed by atoms with Gasteiger partial charge in [0.25, 0.3) is 0 Å². The Labute approximate surface area is 95.1 Å². The topological polar surface area (TPSA) is 55.9 Å². The van der Waals surface area contributed by atoms with Crippen LogP contribution in [-0.2, 0) is 13.5 Å². The van der Waals surface area contributed by atoms with Gasteiger partial charge in [-0.15, -0.1) is 0 Å². The maximum atomic E-state index is 5.57. The summed E-state index contributed by atoms with van der Waals surface area (Å²) in [5.41, 5.74) is 5.19. The second kappa shape index (κ2) is 4.92. The van der Waals surface area contributed by atoms with Gasteiger partial charge in [-0.1, -0.05) is 30.3 Å².